The van der Waals surface area contributed by atoms with Gasteiger partial charge in [-0.25, -0.2) is 24.9 Å². The van der Waals surface area contributed by atoms with Crippen molar-refractivity contribution in [3.63, 3.8) is 0 Å². The van der Waals surface area contributed by atoms with E-state index in [1.807, 2.05) is 24.3 Å². The fraction of sp³-hybridized carbons (Fsp3) is 0.0366. The molecule has 2 heterocycles. The first-order chi connectivity index (χ1) is 43.1. The first kappa shape index (κ1) is 49.2. The fourth-order valence-electron chi connectivity index (χ4n) is 15.1. The van der Waals surface area contributed by atoms with Crippen molar-refractivity contribution in [1.82, 2.24) is 24.9 Å². The highest BCUT2D eigenvalue weighted by molar-refractivity contribution is 5.99. The van der Waals surface area contributed by atoms with E-state index in [1.165, 1.54) is 77.9 Å². The summed E-state index contributed by atoms with van der Waals surface area (Å²) in [5.74, 6) is 2.74. The van der Waals surface area contributed by atoms with Crippen molar-refractivity contribution in [2.75, 3.05) is 0 Å². The van der Waals surface area contributed by atoms with Crippen LogP contribution in [-0.2, 0) is 5.41 Å². The highest BCUT2D eigenvalue weighted by Crippen LogP contribution is 2.64. The molecule has 5 aliphatic carbocycles. The molecule has 5 heteroatoms. The molecule has 0 N–H and O–H groups in total. The van der Waals surface area contributed by atoms with Gasteiger partial charge in [0.15, 0.2) is 23.3 Å². The van der Waals surface area contributed by atoms with E-state index < -0.39 is 5.41 Å². The molecule has 2 unspecified atom stereocenters. The van der Waals surface area contributed by atoms with E-state index in [2.05, 4.69) is 273 Å². The van der Waals surface area contributed by atoms with Gasteiger partial charge in [0.2, 0.25) is 0 Å². The normalized spacial score (nSPS) is 14.8. The molecule has 87 heavy (non-hydrogen) atoms. The lowest BCUT2D eigenvalue weighted by atomic mass is 9.60. The molecule has 404 valence electrons. The highest BCUT2D eigenvalue weighted by Gasteiger charge is 2.52. The van der Waals surface area contributed by atoms with Crippen LogP contribution < -0.4 is 0 Å². The summed E-state index contributed by atoms with van der Waals surface area (Å²) in [6.07, 6.45) is 0. The molecule has 0 aliphatic heterocycles. The van der Waals surface area contributed by atoms with Gasteiger partial charge in [0, 0.05) is 45.2 Å². The van der Waals surface area contributed by atoms with Crippen LogP contribution in [0.1, 0.15) is 67.5 Å². The largest absolute Gasteiger partial charge is 0.228 e. The molecule has 2 atom stereocenters. The van der Waals surface area contributed by atoms with Crippen LogP contribution in [0.5, 0.6) is 0 Å². The summed E-state index contributed by atoms with van der Waals surface area (Å²) in [6, 6.07) is 108. The number of benzene rings is 12. The van der Waals surface area contributed by atoms with Gasteiger partial charge in [0.25, 0.3) is 0 Å². The molecule has 0 fully saturated rings. The van der Waals surface area contributed by atoms with Gasteiger partial charge in [-0.15, -0.1) is 0 Å². The molecule has 5 aliphatic rings. The van der Waals surface area contributed by atoms with Crippen molar-refractivity contribution in [2.24, 2.45) is 0 Å². The molecule has 5 nitrogen and oxygen atoms in total. The van der Waals surface area contributed by atoms with Gasteiger partial charge < -0.3 is 0 Å². The molecule has 14 aromatic rings. The summed E-state index contributed by atoms with van der Waals surface area (Å²) in [6.45, 7) is 0. The molecule has 1 spiro atoms. The molecule has 0 saturated carbocycles. The number of hydrogen-bond acceptors (Lipinski definition) is 5. The molecule has 2 aromatic heterocycles. The smallest absolute Gasteiger partial charge is 0.164 e. The summed E-state index contributed by atoms with van der Waals surface area (Å²) in [5, 5.41) is 0. The number of rotatable bonds is 8. The number of nitrogens with zero attached hydrogens (tertiary/aromatic N) is 5. The second-order valence-corrected chi connectivity index (χ2v) is 23.3. The van der Waals surface area contributed by atoms with Gasteiger partial charge in [-0.2, -0.15) is 0 Å². The lowest BCUT2D eigenvalue weighted by Crippen LogP contribution is -2.27. The van der Waals surface area contributed by atoms with E-state index in [0.29, 0.717) is 23.3 Å². The van der Waals surface area contributed by atoms with Gasteiger partial charge in [-0.3, -0.25) is 0 Å². The molecule has 19 rings (SSSR count). The molecular formula is C82H51N5. The Kier molecular flexibility index (Phi) is 11.0. The van der Waals surface area contributed by atoms with Crippen molar-refractivity contribution < 1.29 is 0 Å². The van der Waals surface area contributed by atoms with Gasteiger partial charge in [0.1, 0.15) is 0 Å². The monoisotopic (exact) mass is 1110 g/mol. The van der Waals surface area contributed by atoms with Crippen molar-refractivity contribution in [1.29, 1.82) is 0 Å². The van der Waals surface area contributed by atoms with Crippen LogP contribution in [0.4, 0.5) is 0 Å². The minimum atomic E-state index is -0.504. The summed E-state index contributed by atoms with van der Waals surface area (Å²) < 4.78 is 0. The lowest BCUT2D eigenvalue weighted by molar-refractivity contribution is 0.755. The Balaban J connectivity index is 0.745. The zero-order chi connectivity index (χ0) is 57.2. The Bertz CT molecular complexity index is 5010. The Morgan fingerprint density at radius 1 is 0.207 bits per heavy atom. The third-order valence-electron chi connectivity index (χ3n) is 18.8. The first-order valence-corrected chi connectivity index (χ1v) is 30.0. The van der Waals surface area contributed by atoms with Crippen LogP contribution in [0.2, 0.25) is 0 Å². The van der Waals surface area contributed by atoms with Crippen LogP contribution in [0.15, 0.2) is 297 Å². The quantitative estimate of drug-likeness (QED) is 0.152. The average Bonchev–Trinajstić information content (AvgIpc) is 2.05. The van der Waals surface area contributed by atoms with E-state index in [1.54, 1.807) is 0 Å². The molecular weight excluding hydrogens is 1050 g/mol. The summed E-state index contributed by atoms with van der Waals surface area (Å²) in [4.78, 5) is 26.8. The molecule has 0 amide bonds. The van der Waals surface area contributed by atoms with Gasteiger partial charge in [0.05, 0.1) is 16.8 Å². The zero-order valence-corrected chi connectivity index (χ0v) is 47.2. The van der Waals surface area contributed by atoms with Gasteiger partial charge >= 0.3 is 0 Å². The van der Waals surface area contributed by atoms with Crippen molar-refractivity contribution >= 4 is 0 Å². The standard InChI is InChI=1S/C82H51N5/c1-4-21-51(22-5-1)57-27-10-13-32-64(57)80-85-79(86-81(87-80)66-34-20-38-72-77(66)65-33-16-19-37-71(65)82(72)69-35-17-14-28-58(69)59-29-15-18-36-70(59)82)54-41-39-50(40-42-54)55-43-45-62-67(47-55)75-60-30-11-12-31-61(60)76(62)68-48-56(44-46-63(68)75)74-49-73(52-23-6-2-7-24-52)83-78(84-74)53-25-8-3-9-26-53/h1-49,75-76H. The van der Waals surface area contributed by atoms with Crippen LogP contribution >= 0.6 is 0 Å². The first-order valence-electron chi connectivity index (χ1n) is 30.0. The molecule has 0 saturated heterocycles. The van der Waals surface area contributed by atoms with Crippen LogP contribution in [-0.4, -0.2) is 24.9 Å². The van der Waals surface area contributed by atoms with E-state index >= 15 is 0 Å². The second kappa shape index (κ2) is 19.4. The summed E-state index contributed by atoms with van der Waals surface area (Å²) in [5.41, 5.74) is 29.9. The Morgan fingerprint density at radius 2 is 0.598 bits per heavy atom. The maximum Gasteiger partial charge on any atom is 0.164 e. The van der Waals surface area contributed by atoms with Gasteiger partial charge in [-0.1, -0.05) is 279 Å². The Hall–Kier alpha value is -11.3. The van der Waals surface area contributed by atoms with Gasteiger partial charge in [-0.05, 0) is 118 Å². The van der Waals surface area contributed by atoms with Crippen LogP contribution in [0.3, 0.4) is 0 Å². The Labute approximate surface area is 504 Å². The SMILES string of the molecule is c1ccc(-c2cc(-c3ccc4c(c3)C3c5ccccc5C4c4cc(-c5ccc(-c6nc(-c7ccccc7-c7ccccc7)nc(-c7cccc8c7-c7ccccc7C87c8ccccc8-c8ccccc87)n6)cc5)ccc43)nc(-c3ccccc3)n2)cc1. The second-order valence-electron chi connectivity index (χ2n) is 23.3. The molecule has 0 radical (unpaired) electrons. The van der Waals surface area contributed by atoms with E-state index in [4.69, 9.17) is 24.9 Å². The minimum absolute atomic E-state index is 0.0745. The number of aromatic nitrogens is 5. The summed E-state index contributed by atoms with van der Waals surface area (Å²) >= 11 is 0. The third kappa shape index (κ3) is 7.49. The topological polar surface area (TPSA) is 64.5 Å². The van der Waals surface area contributed by atoms with Crippen molar-refractivity contribution in [2.45, 2.75) is 17.3 Å². The van der Waals surface area contributed by atoms with Crippen molar-refractivity contribution in [3.8, 4) is 113 Å². The zero-order valence-electron chi connectivity index (χ0n) is 47.2. The summed E-state index contributed by atoms with van der Waals surface area (Å²) in [7, 11) is 0. The number of fused-ring (bicyclic) bond motifs is 10. The minimum Gasteiger partial charge on any atom is -0.228 e. The maximum atomic E-state index is 5.52. The van der Waals surface area contributed by atoms with Crippen LogP contribution in [0, 0.1) is 0 Å². The molecule has 2 bridgehead atoms. The van der Waals surface area contributed by atoms with E-state index in [0.717, 1.165) is 67.0 Å². The molecule has 12 aromatic carbocycles. The van der Waals surface area contributed by atoms with Crippen LogP contribution in [0.25, 0.3) is 113 Å². The lowest BCUT2D eigenvalue weighted by Gasteiger charge is -2.42. The van der Waals surface area contributed by atoms with E-state index in [9.17, 15) is 0 Å². The Morgan fingerprint density at radius 3 is 1.23 bits per heavy atom. The third-order valence-corrected chi connectivity index (χ3v) is 18.8. The maximum absolute atomic E-state index is 5.52. The van der Waals surface area contributed by atoms with Crippen molar-refractivity contribution in [3.05, 3.63) is 353 Å². The van der Waals surface area contributed by atoms with E-state index in [-0.39, 0.29) is 11.8 Å². The number of hydrogen-bond donors (Lipinski definition) is 0. The fourth-order valence-corrected chi connectivity index (χ4v) is 15.1. The predicted molar refractivity (Wildman–Crippen MR) is 350 cm³/mol. The highest BCUT2D eigenvalue weighted by atomic mass is 15.0. The predicted octanol–water partition coefficient (Wildman–Crippen LogP) is 19.3. The average molecular weight is 1110 g/mol.